The van der Waals surface area contributed by atoms with Gasteiger partial charge in [0.05, 0.1) is 5.56 Å². The molecule has 0 saturated heterocycles. The van der Waals surface area contributed by atoms with Crippen molar-refractivity contribution in [2.75, 3.05) is 5.32 Å². The maximum Gasteiger partial charge on any atom is 0.335 e. The SMILES string of the molecule is CCCCCCCCC(C)(C)CCC(C)(C)CCC(F)(C(=O)Nc1ccc(C(=O)O)cc1)c1ccc2ccccc2c1. The number of rotatable bonds is 17. The lowest BCUT2D eigenvalue weighted by Gasteiger charge is -2.34. The van der Waals surface area contributed by atoms with Crippen molar-refractivity contribution >= 4 is 28.3 Å². The van der Waals surface area contributed by atoms with E-state index in [1.807, 2.05) is 30.3 Å². The van der Waals surface area contributed by atoms with Crippen LogP contribution in [0.5, 0.6) is 0 Å². The number of hydrogen-bond donors (Lipinski definition) is 2. The van der Waals surface area contributed by atoms with E-state index in [-0.39, 0.29) is 22.8 Å². The minimum atomic E-state index is -2.25. The second kappa shape index (κ2) is 14.8. The number of hydrogen-bond acceptors (Lipinski definition) is 2. The van der Waals surface area contributed by atoms with Crippen LogP contribution in [-0.2, 0) is 10.5 Å². The summed E-state index contributed by atoms with van der Waals surface area (Å²) in [6, 6.07) is 18.9. The third-order valence-corrected chi connectivity index (χ3v) is 8.79. The maximum absolute atomic E-state index is 17.1. The van der Waals surface area contributed by atoms with Gasteiger partial charge in [0.25, 0.3) is 5.91 Å². The number of alkyl halides is 1. The number of carboxylic acid groups (broad SMARTS) is 1. The monoisotopic (exact) mass is 575 g/mol. The van der Waals surface area contributed by atoms with E-state index >= 15 is 4.39 Å². The van der Waals surface area contributed by atoms with Gasteiger partial charge in [-0.05, 0) is 89.6 Å². The first-order chi connectivity index (χ1) is 19.8. The number of unbranched alkanes of at least 4 members (excludes halogenated alkanes) is 5. The molecule has 3 aromatic rings. The standard InChI is InChI=1S/C37H50FNO3/c1-6-7-8-9-10-13-22-35(2,3)23-24-36(4,5)25-26-37(38,31-19-16-28-14-11-12-15-30(28)27-31)34(42)39-32-20-17-29(18-21-32)33(40)41/h11-12,14-21,27H,6-10,13,22-26H2,1-5H3,(H,39,42)(H,40,41). The average molecular weight is 576 g/mol. The van der Waals surface area contributed by atoms with Crippen molar-refractivity contribution in [2.45, 2.75) is 111 Å². The van der Waals surface area contributed by atoms with E-state index in [0.29, 0.717) is 17.7 Å². The van der Waals surface area contributed by atoms with Crippen molar-refractivity contribution in [2.24, 2.45) is 10.8 Å². The lowest BCUT2D eigenvalue weighted by atomic mass is 9.73. The number of carbonyl (C=O) groups is 2. The Hall–Kier alpha value is -3.21. The smallest absolute Gasteiger partial charge is 0.335 e. The lowest BCUT2D eigenvalue weighted by molar-refractivity contribution is -0.129. The zero-order valence-electron chi connectivity index (χ0n) is 26.3. The summed E-state index contributed by atoms with van der Waals surface area (Å²) in [5, 5.41) is 13.8. The maximum atomic E-state index is 17.1. The third-order valence-electron chi connectivity index (χ3n) is 8.79. The molecule has 5 heteroatoms. The summed E-state index contributed by atoms with van der Waals surface area (Å²) in [6.45, 7) is 11.3. The second-order valence-electron chi connectivity index (χ2n) is 13.5. The minimum absolute atomic E-state index is 0.0508. The lowest BCUT2D eigenvalue weighted by Crippen LogP contribution is -2.37. The Morgan fingerprint density at radius 3 is 1.93 bits per heavy atom. The summed E-state index contributed by atoms with van der Waals surface area (Å²) in [4.78, 5) is 24.9. The van der Waals surface area contributed by atoms with Gasteiger partial charge in [-0.1, -0.05) is 110 Å². The first-order valence-corrected chi connectivity index (χ1v) is 15.7. The van der Waals surface area contributed by atoms with Crippen LogP contribution in [0.15, 0.2) is 66.7 Å². The van der Waals surface area contributed by atoms with Crippen LogP contribution in [0.1, 0.15) is 121 Å². The van der Waals surface area contributed by atoms with E-state index in [1.165, 1.54) is 69.2 Å². The minimum Gasteiger partial charge on any atom is -0.478 e. The van der Waals surface area contributed by atoms with Crippen LogP contribution in [0.4, 0.5) is 10.1 Å². The molecule has 0 saturated carbocycles. The van der Waals surface area contributed by atoms with Crippen LogP contribution in [0, 0.1) is 10.8 Å². The van der Waals surface area contributed by atoms with Crippen LogP contribution in [0.2, 0.25) is 0 Å². The highest BCUT2D eigenvalue weighted by atomic mass is 19.1. The highest BCUT2D eigenvalue weighted by molar-refractivity contribution is 5.99. The average Bonchev–Trinajstić information content (AvgIpc) is 2.97. The van der Waals surface area contributed by atoms with E-state index in [4.69, 9.17) is 0 Å². The second-order valence-corrected chi connectivity index (χ2v) is 13.5. The fourth-order valence-corrected chi connectivity index (χ4v) is 5.57. The summed E-state index contributed by atoms with van der Waals surface area (Å²) in [5.41, 5.74) is -1.36. The van der Waals surface area contributed by atoms with Crippen LogP contribution in [0.25, 0.3) is 10.8 Å². The zero-order chi connectivity index (χ0) is 30.8. The van der Waals surface area contributed by atoms with E-state index in [2.05, 4.69) is 39.9 Å². The van der Waals surface area contributed by atoms with Gasteiger partial charge in [-0.2, -0.15) is 0 Å². The molecule has 0 fully saturated rings. The van der Waals surface area contributed by atoms with Gasteiger partial charge in [0.1, 0.15) is 0 Å². The molecule has 42 heavy (non-hydrogen) atoms. The van der Waals surface area contributed by atoms with Crippen LogP contribution in [-0.4, -0.2) is 17.0 Å². The molecule has 1 amide bonds. The molecule has 0 aliphatic carbocycles. The quantitative estimate of drug-likeness (QED) is 0.157. The van der Waals surface area contributed by atoms with Crippen molar-refractivity contribution in [1.82, 2.24) is 0 Å². The molecule has 0 aliphatic heterocycles. The number of carboxylic acids is 1. The van der Waals surface area contributed by atoms with E-state index in [1.54, 1.807) is 12.1 Å². The highest BCUT2D eigenvalue weighted by Crippen LogP contribution is 2.42. The summed E-state index contributed by atoms with van der Waals surface area (Å²) in [5.74, 6) is -1.79. The van der Waals surface area contributed by atoms with Crippen molar-refractivity contribution < 1.29 is 19.1 Å². The number of anilines is 1. The van der Waals surface area contributed by atoms with Gasteiger partial charge in [-0.25, -0.2) is 9.18 Å². The van der Waals surface area contributed by atoms with Crippen LogP contribution >= 0.6 is 0 Å². The van der Waals surface area contributed by atoms with Crippen molar-refractivity contribution in [1.29, 1.82) is 0 Å². The fraction of sp³-hybridized carbons (Fsp3) is 0.514. The Balaban J connectivity index is 1.73. The molecule has 228 valence electrons. The molecule has 3 rings (SSSR count). The molecule has 0 spiro atoms. The molecule has 1 unspecified atom stereocenters. The number of aromatic carboxylic acids is 1. The zero-order valence-corrected chi connectivity index (χ0v) is 26.3. The van der Waals surface area contributed by atoms with E-state index < -0.39 is 17.5 Å². The molecular formula is C37H50FNO3. The Morgan fingerprint density at radius 1 is 0.714 bits per heavy atom. The van der Waals surface area contributed by atoms with Crippen molar-refractivity contribution in [3.8, 4) is 0 Å². The Kier molecular flexibility index (Phi) is 11.7. The Bertz CT molecular complexity index is 1310. The van der Waals surface area contributed by atoms with Gasteiger partial charge in [-0.15, -0.1) is 0 Å². The molecule has 2 N–H and O–H groups in total. The van der Waals surface area contributed by atoms with Crippen LogP contribution in [0.3, 0.4) is 0 Å². The number of benzene rings is 3. The van der Waals surface area contributed by atoms with Gasteiger partial charge in [0, 0.05) is 5.69 Å². The number of carbonyl (C=O) groups excluding carboxylic acids is 1. The molecule has 0 radical (unpaired) electrons. The van der Waals surface area contributed by atoms with E-state index in [0.717, 1.165) is 23.6 Å². The first kappa shape index (κ1) is 33.3. The highest BCUT2D eigenvalue weighted by Gasteiger charge is 2.42. The number of nitrogens with one attached hydrogen (secondary N) is 1. The summed E-state index contributed by atoms with van der Waals surface area (Å²) >= 11 is 0. The molecule has 0 bridgehead atoms. The van der Waals surface area contributed by atoms with E-state index in [9.17, 15) is 14.7 Å². The molecule has 4 nitrogen and oxygen atoms in total. The summed E-state index contributed by atoms with van der Waals surface area (Å²) < 4.78 is 17.1. The van der Waals surface area contributed by atoms with Gasteiger partial charge >= 0.3 is 5.97 Å². The molecule has 0 heterocycles. The predicted molar refractivity (Wildman–Crippen MR) is 173 cm³/mol. The summed E-state index contributed by atoms with van der Waals surface area (Å²) in [6.07, 6.45) is 11.6. The summed E-state index contributed by atoms with van der Waals surface area (Å²) in [7, 11) is 0. The van der Waals surface area contributed by atoms with Gasteiger partial charge in [0.2, 0.25) is 5.67 Å². The number of amides is 1. The molecular weight excluding hydrogens is 525 g/mol. The van der Waals surface area contributed by atoms with Gasteiger partial charge in [-0.3, -0.25) is 4.79 Å². The number of halogens is 1. The predicted octanol–water partition coefficient (Wildman–Crippen LogP) is 10.7. The molecule has 3 aromatic carbocycles. The Morgan fingerprint density at radius 2 is 1.29 bits per heavy atom. The van der Waals surface area contributed by atoms with Crippen molar-refractivity contribution in [3.05, 3.63) is 77.9 Å². The Labute approximate surface area is 252 Å². The van der Waals surface area contributed by atoms with Crippen molar-refractivity contribution in [3.63, 3.8) is 0 Å². The topological polar surface area (TPSA) is 66.4 Å². The number of fused-ring (bicyclic) bond motifs is 1. The first-order valence-electron chi connectivity index (χ1n) is 15.7. The van der Waals surface area contributed by atoms with Gasteiger partial charge in [0.15, 0.2) is 0 Å². The van der Waals surface area contributed by atoms with Gasteiger partial charge < -0.3 is 10.4 Å². The molecule has 0 aliphatic rings. The van der Waals surface area contributed by atoms with Crippen LogP contribution < -0.4 is 5.32 Å². The third kappa shape index (κ3) is 9.68. The molecule has 1 atom stereocenters. The normalized spacial score (nSPS) is 13.6. The largest absolute Gasteiger partial charge is 0.478 e. The fourth-order valence-electron chi connectivity index (χ4n) is 5.57. The molecule has 0 aromatic heterocycles.